The molecule has 5 heteroatoms. The highest BCUT2D eigenvalue weighted by Crippen LogP contribution is 2.48. The van der Waals surface area contributed by atoms with Crippen LogP contribution in [0.1, 0.15) is 6.42 Å². The van der Waals surface area contributed by atoms with E-state index in [4.69, 9.17) is 10.2 Å². The van der Waals surface area contributed by atoms with E-state index in [9.17, 15) is 13.2 Å². The van der Waals surface area contributed by atoms with Crippen LogP contribution in [0.5, 0.6) is 0 Å². The van der Waals surface area contributed by atoms with Crippen LogP contribution in [0.3, 0.4) is 0 Å². The molecule has 0 unspecified atom stereocenters. The molecule has 1 saturated carbocycles. The largest absolute Gasteiger partial charge is 0.419 e. The molecule has 2 atom stereocenters. The highest BCUT2D eigenvalue weighted by molar-refractivity contribution is 5.09. The molecule has 0 aliphatic heterocycles. The Morgan fingerprint density at radius 1 is 1.44 bits per heavy atom. The first-order chi connectivity index (χ1) is 3.88. The first kappa shape index (κ1) is 6.82. The monoisotopic (exact) mass is 142 g/mol. The summed E-state index contributed by atoms with van der Waals surface area (Å²) in [6, 6.07) is 0. The van der Waals surface area contributed by atoms with E-state index < -0.39 is 24.3 Å². The molecule has 0 aromatic heterocycles. The third-order valence-corrected chi connectivity index (χ3v) is 1.39. The fourth-order valence-electron chi connectivity index (χ4n) is 0.540. The van der Waals surface area contributed by atoms with E-state index >= 15 is 0 Å². The average molecular weight is 142 g/mol. The molecule has 0 aromatic carbocycles. The number of hydrogen-bond donors (Lipinski definition) is 2. The van der Waals surface area contributed by atoms with Crippen LogP contribution in [-0.2, 0) is 0 Å². The molecule has 2 N–H and O–H groups in total. The third kappa shape index (κ3) is 0.801. The fourth-order valence-corrected chi connectivity index (χ4v) is 0.540. The van der Waals surface area contributed by atoms with Crippen molar-refractivity contribution >= 4 is 0 Å². The Morgan fingerprint density at radius 2 is 1.78 bits per heavy atom. The van der Waals surface area contributed by atoms with Crippen LogP contribution in [0.25, 0.3) is 0 Å². The average Bonchev–Trinajstić information content (AvgIpc) is 2.13. The Balaban J connectivity index is 2.64. The van der Waals surface area contributed by atoms with Crippen LogP contribution in [0.15, 0.2) is 0 Å². The Kier molecular flexibility index (Phi) is 1.07. The summed E-state index contributed by atoms with van der Waals surface area (Å²) in [5.41, 5.74) is -2.80. The first-order valence-electron chi connectivity index (χ1n) is 2.35. The lowest BCUT2D eigenvalue weighted by Crippen LogP contribution is -2.34. The SMILES string of the molecule is O[C@@H]1C[C@@]1(O)C(F)(F)F. The standard InChI is InChI=1S/C4H5F3O2/c5-4(6,7)3(9)1-2(3)8/h2,8-9H,1H2/t2-,3+/m1/s1. The van der Waals surface area contributed by atoms with Crippen molar-refractivity contribution < 1.29 is 23.4 Å². The molecule has 0 heterocycles. The minimum absolute atomic E-state index is 0.587. The van der Waals surface area contributed by atoms with Gasteiger partial charge in [0.05, 0.1) is 6.10 Å². The lowest BCUT2D eigenvalue weighted by atomic mass is 10.3. The molecule has 0 amide bonds. The van der Waals surface area contributed by atoms with Crippen LogP contribution >= 0.6 is 0 Å². The third-order valence-electron chi connectivity index (χ3n) is 1.39. The quantitative estimate of drug-likeness (QED) is 0.501. The Labute approximate surface area is 48.9 Å². The number of hydrogen-bond acceptors (Lipinski definition) is 2. The lowest BCUT2D eigenvalue weighted by Gasteiger charge is -2.11. The van der Waals surface area contributed by atoms with Gasteiger partial charge in [-0.1, -0.05) is 0 Å². The van der Waals surface area contributed by atoms with E-state index in [1.54, 1.807) is 0 Å². The maximum Gasteiger partial charge on any atom is 0.419 e. The van der Waals surface area contributed by atoms with Crippen molar-refractivity contribution in [1.29, 1.82) is 0 Å². The maximum atomic E-state index is 11.5. The molecule has 0 bridgehead atoms. The molecular weight excluding hydrogens is 137 g/mol. The van der Waals surface area contributed by atoms with Gasteiger partial charge in [0, 0.05) is 6.42 Å². The van der Waals surface area contributed by atoms with Gasteiger partial charge in [0.2, 0.25) is 0 Å². The Hall–Kier alpha value is -0.290. The van der Waals surface area contributed by atoms with Gasteiger partial charge in [-0.05, 0) is 0 Å². The van der Waals surface area contributed by atoms with Gasteiger partial charge in [0.15, 0.2) is 5.60 Å². The van der Waals surface area contributed by atoms with Crippen molar-refractivity contribution in [3.05, 3.63) is 0 Å². The first-order valence-corrected chi connectivity index (χ1v) is 2.35. The molecule has 0 saturated heterocycles. The molecule has 1 aliphatic carbocycles. The summed E-state index contributed by atoms with van der Waals surface area (Å²) in [6.45, 7) is 0. The van der Waals surface area contributed by atoms with E-state index in [-0.39, 0.29) is 0 Å². The molecule has 54 valence electrons. The predicted molar refractivity (Wildman–Crippen MR) is 21.6 cm³/mol. The summed E-state index contributed by atoms with van der Waals surface area (Å²) in [5, 5.41) is 16.6. The number of halogens is 3. The second kappa shape index (κ2) is 1.41. The summed E-state index contributed by atoms with van der Waals surface area (Å²) in [4.78, 5) is 0. The lowest BCUT2D eigenvalue weighted by molar-refractivity contribution is -0.227. The molecule has 2 nitrogen and oxygen atoms in total. The van der Waals surface area contributed by atoms with Gasteiger partial charge in [-0.25, -0.2) is 0 Å². The molecule has 0 radical (unpaired) electrons. The molecule has 0 spiro atoms. The topological polar surface area (TPSA) is 40.5 Å². The molecule has 1 fully saturated rings. The molecule has 9 heavy (non-hydrogen) atoms. The molecular formula is C4H5F3O2. The van der Waals surface area contributed by atoms with Crippen LogP contribution in [0.4, 0.5) is 13.2 Å². The second-order valence-electron chi connectivity index (χ2n) is 2.14. The Bertz CT molecular complexity index is 132. The number of aliphatic hydroxyl groups is 2. The molecule has 1 aliphatic rings. The summed E-state index contributed by atoms with van der Waals surface area (Å²) >= 11 is 0. The van der Waals surface area contributed by atoms with E-state index in [1.807, 2.05) is 0 Å². The molecule has 0 aromatic rings. The fraction of sp³-hybridized carbons (Fsp3) is 1.00. The summed E-state index contributed by atoms with van der Waals surface area (Å²) < 4.78 is 34.4. The van der Waals surface area contributed by atoms with Gasteiger partial charge in [-0.3, -0.25) is 0 Å². The number of alkyl halides is 3. The van der Waals surface area contributed by atoms with Gasteiger partial charge in [0.25, 0.3) is 0 Å². The van der Waals surface area contributed by atoms with Gasteiger partial charge >= 0.3 is 6.18 Å². The van der Waals surface area contributed by atoms with E-state index in [0.717, 1.165) is 0 Å². The number of aliphatic hydroxyl groups excluding tert-OH is 1. The van der Waals surface area contributed by atoms with Crippen LogP contribution in [0, 0.1) is 0 Å². The van der Waals surface area contributed by atoms with Gasteiger partial charge in [-0.15, -0.1) is 0 Å². The second-order valence-corrected chi connectivity index (χ2v) is 2.14. The van der Waals surface area contributed by atoms with Gasteiger partial charge < -0.3 is 10.2 Å². The summed E-state index contributed by atoms with van der Waals surface area (Å²) in [5.74, 6) is 0. The van der Waals surface area contributed by atoms with E-state index in [0.29, 0.717) is 0 Å². The maximum absolute atomic E-state index is 11.5. The summed E-state index contributed by atoms with van der Waals surface area (Å²) in [6.07, 6.45) is -6.87. The van der Waals surface area contributed by atoms with Crippen LogP contribution < -0.4 is 0 Å². The van der Waals surface area contributed by atoms with E-state index in [2.05, 4.69) is 0 Å². The highest BCUT2D eigenvalue weighted by atomic mass is 19.4. The predicted octanol–water partition coefficient (Wildman–Crippen LogP) is 0.0444. The van der Waals surface area contributed by atoms with Gasteiger partial charge in [0.1, 0.15) is 0 Å². The van der Waals surface area contributed by atoms with Crippen molar-refractivity contribution in [2.75, 3.05) is 0 Å². The van der Waals surface area contributed by atoms with Crippen molar-refractivity contribution in [3.8, 4) is 0 Å². The zero-order valence-electron chi connectivity index (χ0n) is 4.31. The Morgan fingerprint density at radius 3 is 1.78 bits per heavy atom. The van der Waals surface area contributed by atoms with Gasteiger partial charge in [-0.2, -0.15) is 13.2 Å². The zero-order valence-corrected chi connectivity index (χ0v) is 4.31. The highest BCUT2D eigenvalue weighted by Gasteiger charge is 2.70. The molecule has 1 rings (SSSR count). The number of rotatable bonds is 0. The van der Waals surface area contributed by atoms with Crippen LogP contribution in [0.2, 0.25) is 0 Å². The minimum Gasteiger partial charge on any atom is -0.390 e. The van der Waals surface area contributed by atoms with Crippen LogP contribution in [-0.4, -0.2) is 28.1 Å². The zero-order chi connectivity index (χ0) is 7.28. The van der Waals surface area contributed by atoms with E-state index in [1.165, 1.54) is 0 Å². The minimum atomic E-state index is -4.67. The van der Waals surface area contributed by atoms with Crippen molar-refractivity contribution in [2.45, 2.75) is 24.3 Å². The normalized spacial score (nSPS) is 43.0. The van der Waals surface area contributed by atoms with Crippen molar-refractivity contribution in [2.24, 2.45) is 0 Å². The van der Waals surface area contributed by atoms with Crippen molar-refractivity contribution in [3.63, 3.8) is 0 Å². The van der Waals surface area contributed by atoms with Crippen molar-refractivity contribution in [1.82, 2.24) is 0 Å². The smallest absolute Gasteiger partial charge is 0.390 e. The summed E-state index contributed by atoms with van der Waals surface area (Å²) in [7, 11) is 0.